The highest BCUT2D eigenvalue weighted by Crippen LogP contribution is 2.32. The van der Waals surface area contributed by atoms with Gasteiger partial charge in [-0.05, 0) is 96.8 Å². The summed E-state index contributed by atoms with van der Waals surface area (Å²) in [5, 5.41) is 3.84. The van der Waals surface area contributed by atoms with E-state index in [1.54, 1.807) is 7.11 Å². The average Bonchev–Trinajstić information content (AvgIpc) is 3.18. The summed E-state index contributed by atoms with van der Waals surface area (Å²) < 4.78 is 11.1. The molecule has 0 aromatic heterocycles. The quantitative estimate of drug-likeness (QED) is 0.756. The highest BCUT2D eigenvalue weighted by atomic mass is 16.6. The molecular weight excluding hydrogens is 378 g/mol. The molecule has 0 radical (unpaired) electrons. The van der Waals surface area contributed by atoms with Crippen LogP contribution < -0.4 is 10.1 Å². The van der Waals surface area contributed by atoms with Gasteiger partial charge in [0.05, 0.1) is 19.2 Å². The molecule has 6 heteroatoms. The van der Waals surface area contributed by atoms with E-state index in [1.165, 1.54) is 18.4 Å². The van der Waals surface area contributed by atoms with Crippen LogP contribution in [-0.4, -0.2) is 67.9 Å². The smallest absolute Gasteiger partial charge is 0.410 e. The predicted molar refractivity (Wildman–Crippen MR) is 120 cm³/mol. The molecule has 1 N–H and O–H groups in total. The first kappa shape index (κ1) is 22.9. The Bertz CT molecular complexity index is 678. The van der Waals surface area contributed by atoms with Crippen molar-refractivity contribution in [3.05, 3.63) is 29.8 Å². The number of carbonyl (C=O) groups is 1. The van der Waals surface area contributed by atoms with Crippen molar-refractivity contribution in [1.29, 1.82) is 0 Å². The Hall–Kier alpha value is -1.79. The van der Waals surface area contributed by atoms with Crippen molar-refractivity contribution in [1.82, 2.24) is 15.1 Å². The van der Waals surface area contributed by atoms with Gasteiger partial charge in [0.1, 0.15) is 11.4 Å². The molecule has 2 heterocycles. The van der Waals surface area contributed by atoms with Crippen molar-refractivity contribution in [2.24, 2.45) is 5.92 Å². The third-order valence-corrected chi connectivity index (χ3v) is 6.25. The fourth-order valence-electron chi connectivity index (χ4n) is 4.53. The van der Waals surface area contributed by atoms with Crippen molar-refractivity contribution in [3.8, 4) is 5.75 Å². The van der Waals surface area contributed by atoms with E-state index in [4.69, 9.17) is 9.47 Å². The summed E-state index contributed by atoms with van der Waals surface area (Å²) in [4.78, 5) is 17.2. The average molecular weight is 418 g/mol. The fraction of sp³-hybridized carbons (Fsp3) is 0.708. The summed E-state index contributed by atoms with van der Waals surface area (Å²) in [7, 11) is 3.88. The van der Waals surface area contributed by atoms with Gasteiger partial charge >= 0.3 is 6.09 Å². The topological polar surface area (TPSA) is 54.0 Å². The molecule has 1 aromatic rings. The van der Waals surface area contributed by atoms with Gasteiger partial charge < -0.3 is 24.6 Å². The van der Waals surface area contributed by atoms with Crippen LogP contribution in [0.2, 0.25) is 0 Å². The molecule has 0 saturated carbocycles. The summed E-state index contributed by atoms with van der Waals surface area (Å²) in [6.45, 7) is 9.82. The lowest BCUT2D eigenvalue weighted by molar-refractivity contribution is 0.0192. The van der Waals surface area contributed by atoms with Crippen LogP contribution in [0.25, 0.3) is 0 Å². The SMILES string of the molecule is COc1ccc([C@@H](NCC2CCN(C)CC2)[C@@H]2CCCN2C(=O)OC(C)(C)C)cc1. The molecule has 2 saturated heterocycles. The van der Waals surface area contributed by atoms with E-state index in [2.05, 4.69) is 29.4 Å². The van der Waals surface area contributed by atoms with Crippen molar-refractivity contribution in [2.75, 3.05) is 40.3 Å². The standard InChI is InChI=1S/C24H39N3O3/c1-24(2,3)30-23(28)27-14-6-7-21(27)22(19-8-10-20(29-5)11-9-19)25-17-18-12-15-26(4)16-13-18/h8-11,18,21-22,25H,6-7,12-17H2,1-5H3/t21-,22+/m0/s1. The minimum absolute atomic E-state index is 0.0885. The Kier molecular flexibility index (Phi) is 7.64. The summed E-state index contributed by atoms with van der Waals surface area (Å²) in [6.07, 6.45) is 4.23. The van der Waals surface area contributed by atoms with Crippen molar-refractivity contribution < 1.29 is 14.3 Å². The van der Waals surface area contributed by atoms with Gasteiger partial charge in [-0.3, -0.25) is 0 Å². The van der Waals surface area contributed by atoms with Crippen LogP contribution in [-0.2, 0) is 4.74 Å². The molecule has 2 aliphatic heterocycles. The number of amides is 1. The van der Waals surface area contributed by atoms with E-state index >= 15 is 0 Å². The Balaban J connectivity index is 1.76. The minimum atomic E-state index is -0.485. The maximum atomic E-state index is 12.9. The van der Waals surface area contributed by atoms with Gasteiger partial charge in [0.2, 0.25) is 0 Å². The zero-order valence-corrected chi connectivity index (χ0v) is 19.3. The molecule has 2 fully saturated rings. The molecule has 2 atom stereocenters. The second kappa shape index (κ2) is 10.0. The molecule has 0 unspecified atom stereocenters. The van der Waals surface area contributed by atoms with Crippen LogP contribution >= 0.6 is 0 Å². The molecule has 1 aromatic carbocycles. The van der Waals surface area contributed by atoms with E-state index in [0.29, 0.717) is 5.92 Å². The molecule has 6 nitrogen and oxygen atoms in total. The third kappa shape index (κ3) is 6.11. The fourth-order valence-corrected chi connectivity index (χ4v) is 4.53. The van der Waals surface area contributed by atoms with Gasteiger partial charge in [-0.1, -0.05) is 12.1 Å². The summed E-state index contributed by atoms with van der Waals surface area (Å²) in [5.41, 5.74) is 0.714. The molecule has 0 bridgehead atoms. The Morgan fingerprint density at radius 3 is 2.40 bits per heavy atom. The summed E-state index contributed by atoms with van der Waals surface area (Å²) in [5.74, 6) is 1.53. The van der Waals surface area contributed by atoms with Crippen LogP contribution in [0.1, 0.15) is 58.1 Å². The lowest BCUT2D eigenvalue weighted by Gasteiger charge is -2.36. The number of likely N-dealkylation sites (tertiary alicyclic amines) is 2. The van der Waals surface area contributed by atoms with Crippen LogP contribution in [0.3, 0.4) is 0 Å². The van der Waals surface area contributed by atoms with Gasteiger partial charge in [0, 0.05) is 6.54 Å². The van der Waals surface area contributed by atoms with Crippen molar-refractivity contribution in [2.45, 2.75) is 64.1 Å². The van der Waals surface area contributed by atoms with Crippen molar-refractivity contribution >= 4 is 6.09 Å². The van der Waals surface area contributed by atoms with Gasteiger partial charge in [-0.15, -0.1) is 0 Å². The number of benzene rings is 1. The highest BCUT2D eigenvalue weighted by Gasteiger charge is 2.38. The number of methoxy groups -OCH3 is 1. The van der Waals surface area contributed by atoms with Gasteiger partial charge in [-0.2, -0.15) is 0 Å². The molecule has 2 aliphatic rings. The Morgan fingerprint density at radius 1 is 1.13 bits per heavy atom. The lowest BCUT2D eigenvalue weighted by Crippen LogP contribution is -2.47. The number of ether oxygens (including phenoxy) is 2. The van der Waals surface area contributed by atoms with E-state index in [9.17, 15) is 4.79 Å². The van der Waals surface area contributed by atoms with Gasteiger partial charge in [-0.25, -0.2) is 4.79 Å². The van der Waals surface area contributed by atoms with Crippen LogP contribution in [0.15, 0.2) is 24.3 Å². The second-order valence-corrected chi connectivity index (χ2v) is 9.79. The Morgan fingerprint density at radius 2 is 1.80 bits per heavy atom. The maximum absolute atomic E-state index is 12.9. The molecule has 0 spiro atoms. The molecule has 30 heavy (non-hydrogen) atoms. The highest BCUT2D eigenvalue weighted by molar-refractivity contribution is 5.69. The number of hydrogen-bond acceptors (Lipinski definition) is 5. The number of piperidine rings is 1. The predicted octanol–water partition coefficient (Wildman–Crippen LogP) is 4.07. The maximum Gasteiger partial charge on any atom is 0.410 e. The van der Waals surface area contributed by atoms with E-state index in [1.807, 2.05) is 37.8 Å². The number of nitrogens with zero attached hydrogens (tertiary/aromatic N) is 2. The Labute approximate surface area is 181 Å². The van der Waals surface area contributed by atoms with E-state index < -0.39 is 5.60 Å². The molecule has 168 valence electrons. The van der Waals surface area contributed by atoms with Crippen molar-refractivity contribution in [3.63, 3.8) is 0 Å². The summed E-state index contributed by atoms with van der Waals surface area (Å²) in [6, 6.07) is 8.44. The third-order valence-electron chi connectivity index (χ3n) is 6.25. The molecule has 3 rings (SSSR count). The minimum Gasteiger partial charge on any atom is -0.497 e. The first-order valence-corrected chi connectivity index (χ1v) is 11.3. The number of carbonyl (C=O) groups excluding carboxylic acids is 1. The first-order valence-electron chi connectivity index (χ1n) is 11.3. The lowest BCUT2D eigenvalue weighted by atomic mass is 9.93. The van der Waals surface area contributed by atoms with E-state index in [-0.39, 0.29) is 18.2 Å². The number of hydrogen-bond donors (Lipinski definition) is 1. The molecular formula is C24H39N3O3. The number of rotatable bonds is 6. The normalized spacial score (nSPS) is 22.2. The number of nitrogens with one attached hydrogen (secondary N) is 1. The van der Waals surface area contributed by atoms with E-state index in [0.717, 1.165) is 44.8 Å². The van der Waals surface area contributed by atoms with Crippen LogP contribution in [0.4, 0.5) is 4.79 Å². The largest absolute Gasteiger partial charge is 0.497 e. The monoisotopic (exact) mass is 417 g/mol. The van der Waals surface area contributed by atoms with Gasteiger partial charge in [0.25, 0.3) is 0 Å². The second-order valence-electron chi connectivity index (χ2n) is 9.79. The van der Waals surface area contributed by atoms with Gasteiger partial charge in [0.15, 0.2) is 0 Å². The molecule has 0 aliphatic carbocycles. The van der Waals surface area contributed by atoms with Crippen LogP contribution in [0.5, 0.6) is 5.75 Å². The summed E-state index contributed by atoms with van der Waals surface area (Å²) >= 11 is 0. The van der Waals surface area contributed by atoms with Crippen LogP contribution in [0, 0.1) is 5.92 Å². The first-order chi connectivity index (χ1) is 14.3. The zero-order valence-electron chi connectivity index (χ0n) is 19.3. The zero-order chi connectivity index (χ0) is 21.7. The molecule has 1 amide bonds.